The van der Waals surface area contributed by atoms with Crippen LogP contribution in [0.5, 0.6) is 0 Å². The molecule has 11 heteroatoms. The first-order chi connectivity index (χ1) is 15.9. The highest BCUT2D eigenvalue weighted by Gasteiger charge is 2.47. The Morgan fingerprint density at radius 3 is 2.85 bits per heavy atom. The van der Waals surface area contributed by atoms with Crippen molar-refractivity contribution in [3.8, 4) is 11.5 Å². The van der Waals surface area contributed by atoms with Crippen LogP contribution in [0.2, 0.25) is 0 Å². The zero-order valence-electron chi connectivity index (χ0n) is 17.5. The molecule has 0 aliphatic carbocycles. The number of nitrogens with one attached hydrogen (secondary N) is 3. The molecular formula is C22H18F2N8O. The average Bonchev–Trinajstić information content (AvgIpc) is 3.19. The lowest BCUT2D eigenvalue weighted by Gasteiger charge is -2.19. The molecular weight excluding hydrogens is 430 g/mol. The van der Waals surface area contributed by atoms with Crippen LogP contribution in [0, 0.1) is 11.6 Å². The molecule has 2 aliphatic heterocycles. The average molecular weight is 448 g/mol. The van der Waals surface area contributed by atoms with E-state index in [1.54, 1.807) is 18.2 Å². The van der Waals surface area contributed by atoms with Gasteiger partial charge in [0.2, 0.25) is 5.91 Å². The predicted molar refractivity (Wildman–Crippen MR) is 116 cm³/mol. The van der Waals surface area contributed by atoms with Crippen LogP contribution in [0.3, 0.4) is 0 Å². The van der Waals surface area contributed by atoms with Crippen molar-refractivity contribution in [3.63, 3.8) is 0 Å². The molecule has 166 valence electrons. The number of carbonyl (C=O) groups excluding carboxylic acids is 1. The lowest BCUT2D eigenvalue weighted by atomic mass is 9.85. The minimum Gasteiger partial charge on any atom is -0.357 e. The normalized spacial score (nSPS) is 19.2. The molecule has 1 atom stereocenters. The number of nitrogens with zero attached hydrogens (tertiary/aromatic N) is 5. The van der Waals surface area contributed by atoms with Crippen molar-refractivity contribution in [2.75, 3.05) is 23.8 Å². The first-order valence-corrected chi connectivity index (χ1v) is 10.4. The number of fused-ring (bicyclic) bond motifs is 1. The number of anilines is 2. The van der Waals surface area contributed by atoms with E-state index in [1.165, 1.54) is 16.8 Å². The van der Waals surface area contributed by atoms with Crippen LogP contribution in [0.25, 0.3) is 22.6 Å². The summed E-state index contributed by atoms with van der Waals surface area (Å²) in [6.07, 6.45) is 1.09. The summed E-state index contributed by atoms with van der Waals surface area (Å²) in [5.74, 6) is -0.00650. The number of carbonyl (C=O) groups is 1. The van der Waals surface area contributed by atoms with Gasteiger partial charge in [0, 0.05) is 12.1 Å². The Bertz CT molecular complexity index is 1450. The maximum Gasteiger partial charge on any atom is 0.237 e. The number of hydrogen-bond donors (Lipinski definition) is 3. The number of rotatable bonds is 3. The van der Waals surface area contributed by atoms with Crippen LogP contribution in [0.1, 0.15) is 18.1 Å². The molecule has 0 saturated heterocycles. The molecule has 5 heterocycles. The van der Waals surface area contributed by atoms with Crippen molar-refractivity contribution >= 4 is 28.6 Å². The summed E-state index contributed by atoms with van der Waals surface area (Å²) >= 11 is 0. The van der Waals surface area contributed by atoms with Crippen LogP contribution in [0.15, 0.2) is 36.5 Å². The van der Waals surface area contributed by atoms with Gasteiger partial charge in [-0.1, -0.05) is 18.2 Å². The third-order valence-electron chi connectivity index (χ3n) is 6.10. The van der Waals surface area contributed by atoms with Gasteiger partial charge < -0.3 is 10.6 Å². The van der Waals surface area contributed by atoms with Gasteiger partial charge in [0.1, 0.15) is 29.0 Å². The maximum atomic E-state index is 14.3. The topological polar surface area (TPSA) is 110 Å². The fourth-order valence-electron chi connectivity index (χ4n) is 4.39. The first kappa shape index (κ1) is 19.7. The van der Waals surface area contributed by atoms with Crippen LogP contribution < -0.4 is 16.0 Å². The van der Waals surface area contributed by atoms with E-state index < -0.39 is 11.2 Å². The van der Waals surface area contributed by atoms with E-state index in [2.05, 4.69) is 36.0 Å². The molecule has 1 amide bonds. The second-order valence-corrected chi connectivity index (χ2v) is 8.31. The summed E-state index contributed by atoms with van der Waals surface area (Å²) in [4.78, 5) is 26.1. The largest absolute Gasteiger partial charge is 0.357 e. The van der Waals surface area contributed by atoms with Gasteiger partial charge in [-0.3, -0.25) is 10.1 Å². The SMILES string of the molecule is CC12CNCNc3nc(-c4nn(Cc5ccccc5F)c5ncc(F)cc45)nc(c31)NC2=O. The van der Waals surface area contributed by atoms with Crippen LogP contribution >= 0.6 is 0 Å². The Morgan fingerprint density at radius 2 is 2.00 bits per heavy atom. The first-order valence-electron chi connectivity index (χ1n) is 10.4. The highest BCUT2D eigenvalue weighted by atomic mass is 19.1. The molecule has 1 unspecified atom stereocenters. The van der Waals surface area contributed by atoms with E-state index in [0.29, 0.717) is 47.0 Å². The molecule has 3 N–H and O–H groups in total. The van der Waals surface area contributed by atoms with Gasteiger partial charge in [-0.05, 0) is 19.1 Å². The van der Waals surface area contributed by atoms with Gasteiger partial charge in [0.15, 0.2) is 11.5 Å². The lowest BCUT2D eigenvalue weighted by Crippen LogP contribution is -2.40. The predicted octanol–water partition coefficient (Wildman–Crippen LogP) is 2.40. The zero-order chi connectivity index (χ0) is 22.7. The number of amides is 1. The Kier molecular flexibility index (Phi) is 4.18. The summed E-state index contributed by atoms with van der Waals surface area (Å²) in [7, 11) is 0. The lowest BCUT2D eigenvalue weighted by molar-refractivity contribution is -0.120. The minimum absolute atomic E-state index is 0.0938. The maximum absolute atomic E-state index is 14.3. The second-order valence-electron chi connectivity index (χ2n) is 8.31. The standard InChI is InChI=1S/C22H18F2N8O/c1-22-9-25-10-27-17-15(22)18(30-21(22)33)29-19(28-17)16-13-6-12(23)7-26-20(13)32(31-16)8-11-4-2-3-5-14(11)24/h2-7,25H,8-10H2,1H3,(H2,27,28,29,30,33). The molecule has 2 aliphatic rings. The second kappa shape index (κ2) is 7.01. The number of aromatic nitrogens is 5. The monoisotopic (exact) mass is 448 g/mol. The third-order valence-corrected chi connectivity index (χ3v) is 6.10. The summed E-state index contributed by atoms with van der Waals surface area (Å²) < 4.78 is 29.9. The number of benzene rings is 1. The van der Waals surface area contributed by atoms with Gasteiger partial charge in [-0.15, -0.1) is 0 Å². The molecule has 33 heavy (non-hydrogen) atoms. The molecule has 0 fully saturated rings. The van der Waals surface area contributed by atoms with E-state index >= 15 is 0 Å². The fourth-order valence-corrected chi connectivity index (χ4v) is 4.39. The van der Waals surface area contributed by atoms with E-state index in [-0.39, 0.29) is 29.8 Å². The molecule has 6 rings (SSSR count). The highest BCUT2D eigenvalue weighted by molar-refractivity contribution is 6.07. The fraction of sp³-hybridized carbons (Fsp3) is 0.227. The van der Waals surface area contributed by atoms with Gasteiger partial charge in [0.25, 0.3) is 0 Å². The van der Waals surface area contributed by atoms with E-state index in [9.17, 15) is 13.6 Å². The third kappa shape index (κ3) is 2.96. The smallest absolute Gasteiger partial charge is 0.237 e. The Labute approximate surface area is 186 Å². The summed E-state index contributed by atoms with van der Waals surface area (Å²) in [5.41, 5.74) is 0.937. The van der Waals surface area contributed by atoms with Crippen molar-refractivity contribution in [1.29, 1.82) is 0 Å². The van der Waals surface area contributed by atoms with Crippen LogP contribution in [0.4, 0.5) is 20.4 Å². The Morgan fingerprint density at radius 1 is 1.18 bits per heavy atom. The molecule has 0 bridgehead atoms. The van der Waals surface area contributed by atoms with Crippen LogP contribution in [-0.4, -0.2) is 43.9 Å². The van der Waals surface area contributed by atoms with Gasteiger partial charge in [0.05, 0.1) is 35.8 Å². The quantitative estimate of drug-likeness (QED) is 0.442. The summed E-state index contributed by atoms with van der Waals surface area (Å²) in [6.45, 7) is 2.78. The highest BCUT2D eigenvalue weighted by Crippen LogP contribution is 2.42. The van der Waals surface area contributed by atoms with Crippen molar-refractivity contribution in [1.82, 2.24) is 30.0 Å². The molecule has 1 aromatic carbocycles. The van der Waals surface area contributed by atoms with Crippen molar-refractivity contribution in [3.05, 3.63) is 59.3 Å². The summed E-state index contributed by atoms with van der Waals surface area (Å²) in [5, 5.41) is 14.1. The van der Waals surface area contributed by atoms with E-state index in [4.69, 9.17) is 0 Å². The number of pyridine rings is 1. The van der Waals surface area contributed by atoms with E-state index in [1.807, 2.05) is 6.92 Å². The number of halogens is 2. The van der Waals surface area contributed by atoms with Gasteiger partial charge in [-0.25, -0.2) is 28.4 Å². The molecule has 9 nitrogen and oxygen atoms in total. The van der Waals surface area contributed by atoms with Crippen molar-refractivity contribution in [2.45, 2.75) is 18.9 Å². The Balaban J connectivity index is 1.54. The molecule has 0 spiro atoms. The molecule has 4 aromatic rings. The molecule has 0 saturated carbocycles. The van der Waals surface area contributed by atoms with Gasteiger partial charge in [-0.2, -0.15) is 5.10 Å². The minimum atomic E-state index is -0.813. The van der Waals surface area contributed by atoms with Crippen LogP contribution in [-0.2, 0) is 16.8 Å². The van der Waals surface area contributed by atoms with Crippen molar-refractivity contribution < 1.29 is 13.6 Å². The number of hydrogen-bond acceptors (Lipinski definition) is 7. The van der Waals surface area contributed by atoms with E-state index in [0.717, 1.165) is 6.20 Å². The van der Waals surface area contributed by atoms with Crippen molar-refractivity contribution in [2.24, 2.45) is 0 Å². The molecule has 3 aromatic heterocycles. The molecule has 0 radical (unpaired) electrons. The summed E-state index contributed by atoms with van der Waals surface area (Å²) in [6, 6.07) is 7.66. The Hall–Kier alpha value is -3.99. The van der Waals surface area contributed by atoms with Gasteiger partial charge >= 0.3 is 0 Å². The zero-order valence-corrected chi connectivity index (χ0v) is 17.5.